The van der Waals surface area contributed by atoms with Crippen molar-refractivity contribution in [2.75, 3.05) is 0 Å². The average molecular weight is 578 g/mol. The van der Waals surface area contributed by atoms with Crippen molar-refractivity contribution in [3.63, 3.8) is 0 Å². The molecule has 3 heteroatoms. The normalized spacial score (nSPS) is 12.1. The summed E-state index contributed by atoms with van der Waals surface area (Å²) in [5, 5.41) is 12.7. The van der Waals surface area contributed by atoms with Crippen molar-refractivity contribution in [3.05, 3.63) is 140 Å². The van der Waals surface area contributed by atoms with Crippen LogP contribution in [0.3, 0.4) is 0 Å². The lowest BCUT2D eigenvalue weighted by Crippen LogP contribution is -1.88. The quantitative estimate of drug-likeness (QED) is 0.191. The van der Waals surface area contributed by atoms with Crippen molar-refractivity contribution in [3.8, 4) is 22.4 Å². The second-order valence-corrected chi connectivity index (χ2v) is 12.6. The Bertz CT molecular complexity index is 2770. The van der Waals surface area contributed by atoms with E-state index in [0.717, 1.165) is 44.3 Å². The summed E-state index contributed by atoms with van der Waals surface area (Å²) < 4.78 is 8.95. The number of rotatable bonds is 2. The van der Waals surface area contributed by atoms with Crippen molar-refractivity contribution in [1.29, 1.82) is 0 Å². The van der Waals surface area contributed by atoms with Crippen LogP contribution in [0.2, 0.25) is 0 Å². The first-order valence-electron chi connectivity index (χ1n) is 14.9. The standard InChI is InChI=1S/C41H23NOS/c1-2-9-27-26(8-1)29-19-21-38-40(33-11-4-6-15-37(33)44-38)39(29)30-18-16-24(22-34(27)30)25-17-20-35(42-23-25)32-13-7-12-31-28-10-3-5-14-36(28)43-41(31)32/h1-23H. The lowest BCUT2D eigenvalue weighted by Gasteiger charge is -2.13. The highest BCUT2D eigenvalue weighted by molar-refractivity contribution is 7.26. The summed E-state index contributed by atoms with van der Waals surface area (Å²) in [7, 11) is 0. The third-order valence-corrected chi connectivity index (χ3v) is 10.3. The van der Waals surface area contributed by atoms with Gasteiger partial charge >= 0.3 is 0 Å². The van der Waals surface area contributed by atoms with Gasteiger partial charge in [-0.2, -0.15) is 0 Å². The fourth-order valence-electron chi connectivity index (χ4n) is 7.11. The molecule has 0 radical (unpaired) electrons. The zero-order chi connectivity index (χ0) is 28.8. The molecule has 0 amide bonds. The van der Waals surface area contributed by atoms with Crippen molar-refractivity contribution >= 4 is 85.8 Å². The highest BCUT2D eigenvalue weighted by atomic mass is 32.1. The molecule has 44 heavy (non-hydrogen) atoms. The molecule has 0 saturated heterocycles. The third kappa shape index (κ3) is 3.33. The van der Waals surface area contributed by atoms with Crippen molar-refractivity contribution < 1.29 is 4.42 Å². The molecule has 10 aromatic rings. The topological polar surface area (TPSA) is 26.0 Å². The van der Waals surface area contributed by atoms with Crippen LogP contribution in [0, 0.1) is 0 Å². The van der Waals surface area contributed by atoms with Crippen LogP contribution >= 0.6 is 11.3 Å². The van der Waals surface area contributed by atoms with Gasteiger partial charge in [0.15, 0.2) is 0 Å². The predicted octanol–water partition coefficient (Wildman–Crippen LogP) is 12.1. The Labute approximate surface area is 256 Å². The molecular formula is C41H23NOS. The number of hydrogen-bond acceptors (Lipinski definition) is 3. The minimum atomic E-state index is 0.880. The number of para-hydroxylation sites is 2. The zero-order valence-electron chi connectivity index (χ0n) is 23.5. The number of pyridine rings is 1. The molecule has 3 heterocycles. The summed E-state index contributed by atoms with van der Waals surface area (Å²) in [5.41, 5.74) is 5.94. The Morgan fingerprint density at radius 1 is 0.455 bits per heavy atom. The maximum absolute atomic E-state index is 6.29. The number of fused-ring (bicyclic) bond motifs is 13. The summed E-state index contributed by atoms with van der Waals surface area (Å²) in [6, 6.07) is 47.9. The molecule has 0 spiro atoms. The molecule has 0 fully saturated rings. The van der Waals surface area contributed by atoms with Gasteiger partial charge in [0, 0.05) is 48.3 Å². The minimum Gasteiger partial charge on any atom is -0.455 e. The molecule has 0 atom stereocenters. The summed E-state index contributed by atoms with van der Waals surface area (Å²) in [6.07, 6.45) is 1.99. The molecule has 0 aliphatic heterocycles. The lowest BCUT2D eigenvalue weighted by atomic mass is 9.90. The molecule has 10 rings (SSSR count). The van der Waals surface area contributed by atoms with Crippen LogP contribution in [0.1, 0.15) is 0 Å². The van der Waals surface area contributed by atoms with Crippen molar-refractivity contribution in [2.24, 2.45) is 0 Å². The van der Waals surface area contributed by atoms with Crippen molar-refractivity contribution in [2.45, 2.75) is 0 Å². The number of nitrogens with zero attached hydrogens (tertiary/aromatic N) is 1. The Morgan fingerprint density at radius 2 is 1.16 bits per heavy atom. The van der Waals surface area contributed by atoms with E-state index in [4.69, 9.17) is 9.40 Å². The largest absolute Gasteiger partial charge is 0.455 e. The summed E-state index contributed by atoms with van der Waals surface area (Å²) in [4.78, 5) is 4.95. The molecule has 0 saturated carbocycles. The fourth-order valence-corrected chi connectivity index (χ4v) is 8.22. The van der Waals surface area contributed by atoms with E-state index in [1.165, 1.54) is 52.5 Å². The van der Waals surface area contributed by atoms with Crippen LogP contribution < -0.4 is 0 Å². The maximum atomic E-state index is 6.29. The molecule has 3 aromatic heterocycles. The van der Waals surface area contributed by atoms with Gasteiger partial charge in [-0.25, -0.2) is 0 Å². The van der Waals surface area contributed by atoms with Gasteiger partial charge in [0.05, 0.1) is 5.69 Å². The summed E-state index contributed by atoms with van der Waals surface area (Å²) in [5.74, 6) is 0. The molecule has 0 bridgehead atoms. The lowest BCUT2D eigenvalue weighted by molar-refractivity contribution is 0.670. The van der Waals surface area contributed by atoms with Crippen LogP contribution in [-0.4, -0.2) is 4.98 Å². The Morgan fingerprint density at radius 3 is 2.02 bits per heavy atom. The van der Waals surface area contributed by atoms with Crippen LogP contribution in [0.5, 0.6) is 0 Å². The number of furan rings is 1. The van der Waals surface area contributed by atoms with Gasteiger partial charge in [-0.15, -0.1) is 11.3 Å². The Hall–Kier alpha value is -5.51. The van der Waals surface area contributed by atoms with E-state index in [0.29, 0.717) is 0 Å². The molecule has 0 aliphatic carbocycles. The average Bonchev–Trinajstić information content (AvgIpc) is 3.67. The molecule has 0 unspecified atom stereocenters. The molecule has 0 N–H and O–H groups in total. The van der Waals surface area contributed by atoms with E-state index >= 15 is 0 Å². The maximum Gasteiger partial charge on any atom is 0.144 e. The van der Waals surface area contributed by atoms with Gasteiger partial charge in [-0.3, -0.25) is 4.98 Å². The van der Waals surface area contributed by atoms with Gasteiger partial charge in [0.1, 0.15) is 11.2 Å². The van der Waals surface area contributed by atoms with E-state index in [2.05, 4.69) is 121 Å². The third-order valence-electron chi connectivity index (χ3n) is 9.12. The molecule has 2 nitrogen and oxygen atoms in total. The smallest absolute Gasteiger partial charge is 0.144 e. The minimum absolute atomic E-state index is 0.880. The van der Waals surface area contributed by atoms with Gasteiger partial charge < -0.3 is 4.42 Å². The number of aromatic nitrogens is 1. The number of hydrogen-bond donors (Lipinski definition) is 0. The Kier molecular flexibility index (Phi) is 4.90. The highest BCUT2D eigenvalue weighted by Gasteiger charge is 2.16. The molecule has 204 valence electrons. The zero-order valence-corrected chi connectivity index (χ0v) is 24.4. The number of benzene rings is 7. The summed E-state index contributed by atoms with van der Waals surface area (Å²) in [6.45, 7) is 0. The van der Waals surface area contributed by atoms with Crippen LogP contribution in [0.4, 0.5) is 0 Å². The van der Waals surface area contributed by atoms with Crippen LogP contribution in [-0.2, 0) is 0 Å². The van der Waals surface area contributed by atoms with Crippen LogP contribution in [0.15, 0.2) is 144 Å². The second kappa shape index (κ2) is 9.00. The van der Waals surface area contributed by atoms with E-state index in [-0.39, 0.29) is 0 Å². The highest BCUT2D eigenvalue weighted by Crippen LogP contribution is 2.45. The van der Waals surface area contributed by atoms with Crippen LogP contribution in [0.25, 0.3) is 96.8 Å². The van der Waals surface area contributed by atoms with Crippen molar-refractivity contribution in [1.82, 2.24) is 4.98 Å². The first kappa shape index (κ1) is 24.0. The van der Waals surface area contributed by atoms with Gasteiger partial charge in [-0.1, -0.05) is 97.1 Å². The van der Waals surface area contributed by atoms with Gasteiger partial charge in [-0.05, 0) is 74.3 Å². The van der Waals surface area contributed by atoms with E-state index < -0.39 is 0 Å². The monoisotopic (exact) mass is 577 g/mol. The predicted molar refractivity (Wildman–Crippen MR) is 188 cm³/mol. The van der Waals surface area contributed by atoms with E-state index in [1.54, 1.807) is 0 Å². The number of thiophene rings is 1. The van der Waals surface area contributed by atoms with Gasteiger partial charge in [0.25, 0.3) is 0 Å². The summed E-state index contributed by atoms with van der Waals surface area (Å²) >= 11 is 1.88. The molecular weight excluding hydrogens is 555 g/mol. The Balaban J connectivity index is 1.18. The van der Waals surface area contributed by atoms with E-state index in [9.17, 15) is 0 Å². The fraction of sp³-hybridized carbons (Fsp3) is 0. The van der Waals surface area contributed by atoms with Gasteiger partial charge in [0.2, 0.25) is 0 Å². The second-order valence-electron chi connectivity index (χ2n) is 11.5. The SMILES string of the molecule is c1ccc2c(c1)oc1c(-c3ccc(-c4ccc5c(c4)c4ccccc4c4ccc6sc7ccccc7c6c45)cn3)cccc12. The molecule has 0 aliphatic rings. The first-order valence-corrected chi connectivity index (χ1v) is 15.7. The molecule has 7 aromatic carbocycles. The first-order chi connectivity index (χ1) is 21.8. The van der Waals surface area contributed by atoms with E-state index in [1.807, 2.05) is 29.7 Å².